The Balaban J connectivity index is 1.75. The minimum absolute atomic E-state index is 0.396. The van der Waals surface area contributed by atoms with E-state index in [0.717, 1.165) is 29.9 Å². The number of halogens is 1. The molecule has 0 saturated carbocycles. The third-order valence-electron chi connectivity index (χ3n) is 2.52. The summed E-state index contributed by atoms with van der Waals surface area (Å²) in [5, 5.41) is 3.37. The fourth-order valence-corrected chi connectivity index (χ4v) is 2.10. The number of nitrogens with one attached hydrogen (secondary N) is 1. The van der Waals surface area contributed by atoms with Crippen molar-refractivity contribution in [2.45, 2.75) is 25.5 Å². The molecule has 1 fully saturated rings. The highest BCUT2D eigenvalue weighted by molar-refractivity contribution is 9.10. The van der Waals surface area contributed by atoms with E-state index in [2.05, 4.69) is 26.2 Å². The lowest BCUT2D eigenvalue weighted by Gasteiger charge is -2.10. The first-order valence-corrected chi connectivity index (χ1v) is 6.07. The molecule has 1 atom stereocenters. The second kappa shape index (κ2) is 5.58. The lowest BCUT2D eigenvalue weighted by atomic mass is 10.2. The topological polar surface area (TPSA) is 34.2 Å². The standard InChI is InChI=1S/C11H15BrN2O/c12-10-4-1-5-14-11(10)8-13-7-9-3-2-6-15-9/h1,4-5,9,13H,2-3,6-8H2. The van der Waals surface area contributed by atoms with Gasteiger partial charge in [0.25, 0.3) is 0 Å². The highest BCUT2D eigenvalue weighted by Crippen LogP contribution is 2.14. The molecule has 15 heavy (non-hydrogen) atoms. The molecule has 1 aliphatic rings. The summed E-state index contributed by atoms with van der Waals surface area (Å²) in [6.07, 6.45) is 4.58. The average Bonchev–Trinajstić information content (AvgIpc) is 2.74. The molecule has 1 N–H and O–H groups in total. The highest BCUT2D eigenvalue weighted by Gasteiger charge is 2.14. The molecule has 0 bridgehead atoms. The molecule has 1 aromatic heterocycles. The van der Waals surface area contributed by atoms with Crippen molar-refractivity contribution in [3.05, 3.63) is 28.5 Å². The molecule has 2 heterocycles. The quantitative estimate of drug-likeness (QED) is 0.910. The predicted molar refractivity (Wildman–Crippen MR) is 62.6 cm³/mol. The maximum atomic E-state index is 5.53. The third-order valence-corrected chi connectivity index (χ3v) is 3.25. The molecule has 1 aromatic rings. The molecule has 4 heteroatoms. The van der Waals surface area contributed by atoms with Crippen molar-refractivity contribution in [1.29, 1.82) is 0 Å². The van der Waals surface area contributed by atoms with Crippen molar-refractivity contribution < 1.29 is 4.74 Å². The number of aromatic nitrogens is 1. The molecule has 0 amide bonds. The van der Waals surface area contributed by atoms with Gasteiger partial charge in [0.05, 0.1) is 11.8 Å². The number of pyridine rings is 1. The average molecular weight is 271 g/mol. The zero-order valence-electron chi connectivity index (χ0n) is 8.58. The van der Waals surface area contributed by atoms with Gasteiger partial charge < -0.3 is 10.1 Å². The van der Waals surface area contributed by atoms with Gasteiger partial charge in [0.15, 0.2) is 0 Å². The van der Waals surface area contributed by atoms with Gasteiger partial charge in [-0.2, -0.15) is 0 Å². The van der Waals surface area contributed by atoms with Crippen LogP contribution >= 0.6 is 15.9 Å². The van der Waals surface area contributed by atoms with E-state index in [4.69, 9.17) is 4.74 Å². The van der Waals surface area contributed by atoms with Crippen molar-refractivity contribution in [3.63, 3.8) is 0 Å². The van der Waals surface area contributed by atoms with Crippen LogP contribution in [-0.4, -0.2) is 24.2 Å². The molecule has 0 radical (unpaired) electrons. The lowest BCUT2D eigenvalue weighted by Crippen LogP contribution is -2.26. The maximum absolute atomic E-state index is 5.53. The van der Waals surface area contributed by atoms with E-state index in [0.29, 0.717) is 6.10 Å². The molecule has 0 aromatic carbocycles. The summed E-state index contributed by atoms with van der Waals surface area (Å²) in [6, 6.07) is 3.93. The van der Waals surface area contributed by atoms with Crippen LogP contribution in [0.15, 0.2) is 22.8 Å². The molecule has 1 aliphatic heterocycles. The van der Waals surface area contributed by atoms with E-state index in [1.165, 1.54) is 12.8 Å². The van der Waals surface area contributed by atoms with Gasteiger partial charge >= 0.3 is 0 Å². The molecule has 1 unspecified atom stereocenters. The summed E-state index contributed by atoms with van der Waals surface area (Å²) >= 11 is 3.48. The van der Waals surface area contributed by atoms with Crippen LogP contribution in [0, 0.1) is 0 Å². The van der Waals surface area contributed by atoms with Crippen LogP contribution in [0.1, 0.15) is 18.5 Å². The summed E-state index contributed by atoms with van der Waals surface area (Å²) in [7, 11) is 0. The molecule has 3 nitrogen and oxygen atoms in total. The number of hydrogen-bond donors (Lipinski definition) is 1. The van der Waals surface area contributed by atoms with E-state index in [1.54, 1.807) is 0 Å². The molecule has 82 valence electrons. The van der Waals surface area contributed by atoms with E-state index < -0.39 is 0 Å². The Hall–Kier alpha value is -0.450. The Kier molecular flexibility index (Phi) is 4.11. The minimum Gasteiger partial charge on any atom is -0.377 e. The molecule has 0 aliphatic carbocycles. The molecule has 1 saturated heterocycles. The van der Waals surface area contributed by atoms with Gasteiger partial charge in [-0.1, -0.05) is 0 Å². The third kappa shape index (κ3) is 3.26. The number of nitrogens with zero attached hydrogens (tertiary/aromatic N) is 1. The van der Waals surface area contributed by atoms with Gasteiger partial charge in [-0.3, -0.25) is 4.98 Å². The van der Waals surface area contributed by atoms with Crippen molar-refractivity contribution in [3.8, 4) is 0 Å². The van der Waals surface area contributed by atoms with Gasteiger partial charge in [0.1, 0.15) is 0 Å². The SMILES string of the molecule is Brc1cccnc1CNCC1CCCO1. The lowest BCUT2D eigenvalue weighted by molar-refractivity contribution is 0.110. The first kappa shape index (κ1) is 11.0. The molecule has 2 rings (SSSR count). The van der Waals surface area contributed by atoms with Gasteiger partial charge in [0, 0.05) is 30.4 Å². The van der Waals surface area contributed by atoms with E-state index in [1.807, 2.05) is 18.3 Å². The summed E-state index contributed by atoms with van der Waals surface area (Å²) in [6.45, 7) is 2.63. The van der Waals surface area contributed by atoms with E-state index in [-0.39, 0.29) is 0 Å². The Morgan fingerprint density at radius 2 is 2.53 bits per heavy atom. The molecular formula is C11H15BrN2O. The van der Waals surface area contributed by atoms with Crippen LogP contribution in [0.25, 0.3) is 0 Å². The van der Waals surface area contributed by atoms with Gasteiger partial charge in [-0.15, -0.1) is 0 Å². The fraction of sp³-hybridized carbons (Fsp3) is 0.545. The zero-order valence-corrected chi connectivity index (χ0v) is 10.2. The number of rotatable bonds is 4. The fourth-order valence-electron chi connectivity index (χ4n) is 1.71. The Morgan fingerprint density at radius 3 is 3.27 bits per heavy atom. The number of hydrogen-bond acceptors (Lipinski definition) is 3. The van der Waals surface area contributed by atoms with Crippen molar-refractivity contribution >= 4 is 15.9 Å². The summed E-state index contributed by atoms with van der Waals surface area (Å²) in [4.78, 5) is 4.29. The van der Waals surface area contributed by atoms with Crippen LogP contribution in [-0.2, 0) is 11.3 Å². The van der Waals surface area contributed by atoms with Crippen LogP contribution in [0.5, 0.6) is 0 Å². The van der Waals surface area contributed by atoms with Crippen LogP contribution in [0.2, 0.25) is 0 Å². The summed E-state index contributed by atoms with van der Waals surface area (Å²) < 4.78 is 6.59. The zero-order chi connectivity index (χ0) is 10.5. The van der Waals surface area contributed by atoms with Crippen molar-refractivity contribution in [2.24, 2.45) is 0 Å². The molecule has 0 spiro atoms. The van der Waals surface area contributed by atoms with Crippen LogP contribution in [0.3, 0.4) is 0 Å². The smallest absolute Gasteiger partial charge is 0.0700 e. The van der Waals surface area contributed by atoms with Gasteiger partial charge in [-0.05, 0) is 40.9 Å². The first-order chi connectivity index (χ1) is 7.36. The van der Waals surface area contributed by atoms with Gasteiger partial charge in [0.2, 0.25) is 0 Å². The number of ether oxygens (including phenoxy) is 1. The largest absolute Gasteiger partial charge is 0.377 e. The van der Waals surface area contributed by atoms with Crippen LogP contribution in [0.4, 0.5) is 0 Å². The van der Waals surface area contributed by atoms with E-state index >= 15 is 0 Å². The highest BCUT2D eigenvalue weighted by atomic mass is 79.9. The van der Waals surface area contributed by atoms with E-state index in [9.17, 15) is 0 Å². The Labute approximate surface area is 98.4 Å². The van der Waals surface area contributed by atoms with Crippen LogP contribution < -0.4 is 5.32 Å². The summed E-state index contributed by atoms with van der Waals surface area (Å²) in [5.41, 5.74) is 1.05. The normalized spacial score (nSPS) is 20.7. The summed E-state index contributed by atoms with van der Waals surface area (Å²) in [5.74, 6) is 0. The Morgan fingerprint density at radius 1 is 1.60 bits per heavy atom. The minimum atomic E-state index is 0.396. The second-order valence-corrected chi connectivity index (χ2v) is 4.55. The monoisotopic (exact) mass is 270 g/mol. The second-order valence-electron chi connectivity index (χ2n) is 3.70. The van der Waals surface area contributed by atoms with Crippen molar-refractivity contribution in [1.82, 2.24) is 10.3 Å². The van der Waals surface area contributed by atoms with Gasteiger partial charge in [-0.25, -0.2) is 0 Å². The van der Waals surface area contributed by atoms with Crippen molar-refractivity contribution in [2.75, 3.05) is 13.2 Å². The first-order valence-electron chi connectivity index (χ1n) is 5.28. The molecular weight excluding hydrogens is 256 g/mol. The maximum Gasteiger partial charge on any atom is 0.0700 e. The predicted octanol–water partition coefficient (Wildman–Crippen LogP) is 2.11. The Bertz CT molecular complexity index is 313.